The van der Waals surface area contributed by atoms with E-state index in [2.05, 4.69) is 4.90 Å². The molecule has 0 radical (unpaired) electrons. The van der Waals surface area contributed by atoms with Gasteiger partial charge in [-0.1, -0.05) is 6.07 Å². The van der Waals surface area contributed by atoms with Crippen molar-refractivity contribution in [3.63, 3.8) is 0 Å². The maximum absolute atomic E-state index is 13.3. The van der Waals surface area contributed by atoms with Crippen LogP contribution in [0.4, 0.5) is 4.39 Å². The highest BCUT2D eigenvalue weighted by atomic mass is 19.1. The van der Waals surface area contributed by atoms with Gasteiger partial charge in [0.15, 0.2) is 11.6 Å². The second-order valence-electron chi connectivity index (χ2n) is 5.44. The molecule has 4 nitrogen and oxygen atoms in total. The second-order valence-corrected chi connectivity index (χ2v) is 5.44. The Morgan fingerprint density at radius 3 is 2.84 bits per heavy atom. The number of halogens is 1. The van der Waals surface area contributed by atoms with Crippen LogP contribution < -0.4 is 0 Å². The maximum Gasteiger partial charge on any atom is 0.308 e. The van der Waals surface area contributed by atoms with Gasteiger partial charge < -0.3 is 10.2 Å². The molecule has 3 rings (SSSR count). The van der Waals surface area contributed by atoms with Crippen LogP contribution in [-0.4, -0.2) is 33.2 Å². The molecule has 0 spiro atoms. The molecule has 0 aromatic heterocycles. The summed E-state index contributed by atoms with van der Waals surface area (Å²) in [6.45, 7) is 0.552. The molecule has 2 N–H and O–H groups in total. The third-order valence-electron chi connectivity index (χ3n) is 4.38. The van der Waals surface area contributed by atoms with Crippen molar-refractivity contribution in [1.82, 2.24) is 4.90 Å². The fraction of sp³-hybridized carbons (Fsp3) is 0.500. The van der Waals surface area contributed by atoms with Crippen molar-refractivity contribution in [1.29, 1.82) is 0 Å². The molecule has 2 saturated heterocycles. The Balaban J connectivity index is 1.77. The first-order valence-electron chi connectivity index (χ1n) is 6.52. The molecule has 2 aliphatic rings. The molecule has 2 bridgehead atoms. The predicted octanol–water partition coefficient (Wildman–Crippen LogP) is 1.97. The van der Waals surface area contributed by atoms with Crippen molar-refractivity contribution in [3.8, 4) is 5.75 Å². The molecule has 19 heavy (non-hydrogen) atoms. The van der Waals surface area contributed by atoms with Gasteiger partial charge >= 0.3 is 5.97 Å². The number of carboxylic acids is 1. The summed E-state index contributed by atoms with van der Waals surface area (Å²) >= 11 is 0. The van der Waals surface area contributed by atoms with Crippen molar-refractivity contribution in [2.75, 3.05) is 0 Å². The number of hydrogen-bond donors (Lipinski definition) is 2. The lowest BCUT2D eigenvalue weighted by Crippen LogP contribution is -2.32. The molecule has 2 heterocycles. The first-order valence-corrected chi connectivity index (χ1v) is 6.52. The van der Waals surface area contributed by atoms with Crippen LogP contribution in [0.25, 0.3) is 0 Å². The molecule has 0 amide bonds. The molecule has 1 aromatic rings. The fourth-order valence-electron chi connectivity index (χ4n) is 3.47. The predicted molar refractivity (Wildman–Crippen MR) is 66.2 cm³/mol. The molecule has 5 heteroatoms. The van der Waals surface area contributed by atoms with Crippen LogP contribution in [0.1, 0.15) is 24.8 Å². The number of hydrogen-bond acceptors (Lipinski definition) is 3. The number of phenols is 1. The van der Waals surface area contributed by atoms with Crippen molar-refractivity contribution in [3.05, 3.63) is 29.6 Å². The highest BCUT2D eigenvalue weighted by Gasteiger charge is 2.48. The van der Waals surface area contributed by atoms with Gasteiger partial charge in [0.05, 0.1) is 5.92 Å². The Kier molecular flexibility index (Phi) is 2.93. The van der Waals surface area contributed by atoms with E-state index in [-0.39, 0.29) is 17.7 Å². The average Bonchev–Trinajstić information content (AvgIpc) is 2.91. The Hall–Kier alpha value is -1.62. The molecule has 3 unspecified atom stereocenters. The quantitative estimate of drug-likeness (QED) is 0.877. The zero-order chi connectivity index (χ0) is 13.6. The largest absolute Gasteiger partial charge is 0.505 e. The summed E-state index contributed by atoms with van der Waals surface area (Å²) in [6.07, 6.45) is 2.62. The van der Waals surface area contributed by atoms with E-state index in [9.17, 15) is 14.3 Å². The lowest BCUT2D eigenvalue weighted by Gasteiger charge is -2.22. The normalized spacial score (nSPS) is 29.8. The summed E-state index contributed by atoms with van der Waals surface area (Å²) in [5, 5.41) is 18.3. The van der Waals surface area contributed by atoms with Crippen molar-refractivity contribution >= 4 is 5.97 Å². The topological polar surface area (TPSA) is 60.8 Å². The monoisotopic (exact) mass is 265 g/mol. The smallest absolute Gasteiger partial charge is 0.308 e. The van der Waals surface area contributed by atoms with Crippen LogP contribution in [0.2, 0.25) is 0 Å². The van der Waals surface area contributed by atoms with Gasteiger partial charge in [-0.25, -0.2) is 4.39 Å². The number of carbonyl (C=O) groups is 1. The van der Waals surface area contributed by atoms with Crippen molar-refractivity contribution < 1.29 is 19.4 Å². The summed E-state index contributed by atoms with van der Waals surface area (Å²) in [4.78, 5) is 13.3. The summed E-state index contributed by atoms with van der Waals surface area (Å²) in [6, 6.07) is 4.72. The third-order valence-corrected chi connectivity index (χ3v) is 4.38. The van der Waals surface area contributed by atoms with E-state index in [0.717, 1.165) is 18.4 Å². The lowest BCUT2D eigenvalue weighted by atomic mass is 9.89. The first-order chi connectivity index (χ1) is 9.06. The summed E-state index contributed by atoms with van der Waals surface area (Å²) in [7, 11) is 0. The summed E-state index contributed by atoms with van der Waals surface area (Å²) < 4.78 is 13.3. The molecule has 3 atom stereocenters. The Morgan fingerprint density at radius 2 is 2.21 bits per heavy atom. The van der Waals surface area contributed by atoms with Gasteiger partial charge in [0.2, 0.25) is 0 Å². The van der Waals surface area contributed by atoms with E-state index < -0.39 is 11.8 Å². The molecule has 102 valence electrons. The molecule has 0 saturated carbocycles. The van der Waals surface area contributed by atoms with Gasteiger partial charge in [0, 0.05) is 18.6 Å². The van der Waals surface area contributed by atoms with Crippen LogP contribution in [-0.2, 0) is 11.3 Å². The number of fused-ring (bicyclic) bond motifs is 2. The van der Waals surface area contributed by atoms with Gasteiger partial charge in [0.25, 0.3) is 0 Å². The first kappa shape index (κ1) is 12.4. The van der Waals surface area contributed by atoms with Gasteiger partial charge in [0.1, 0.15) is 0 Å². The van der Waals surface area contributed by atoms with Gasteiger partial charge in [-0.3, -0.25) is 9.69 Å². The molecular formula is C14H16FNO3. The van der Waals surface area contributed by atoms with E-state index >= 15 is 0 Å². The maximum atomic E-state index is 13.3. The van der Waals surface area contributed by atoms with Crippen LogP contribution in [0, 0.1) is 11.7 Å². The van der Waals surface area contributed by atoms with E-state index in [1.165, 1.54) is 12.1 Å². The van der Waals surface area contributed by atoms with E-state index in [0.29, 0.717) is 19.0 Å². The van der Waals surface area contributed by atoms with Crippen LogP contribution in [0.3, 0.4) is 0 Å². The minimum atomic E-state index is -0.728. The number of aliphatic carboxylic acids is 1. The van der Waals surface area contributed by atoms with Crippen molar-refractivity contribution in [2.45, 2.75) is 37.9 Å². The molecule has 1 aromatic carbocycles. The third kappa shape index (κ3) is 2.08. The Morgan fingerprint density at radius 1 is 1.42 bits per heavy atom. The Labute approximate surface area is 110 Å². The van der Waals surface area contributed by atoms with Crippen LogP contribution in [0.15, 0.2) is 18.2 Å². The molecular weight excluding hydrogens is 249 g/mol. The number of benzene rings is 1. The van der Waals surface area contributed by atoms with E-state index in [1.807, 2.05) is 0 Å². The number of carboxylic acid groups (broad SMARTS) is 1. The standard InChI is InChI=1S/C14H16FNO3/c15-11-5-8(1-4-13(11)17)7-16-9-2-3-12(16)10(6-9)14(18)19/h1,4-5,9-10,12,17H,2-3,6-7H2,(H,18,19). The SMILES string of the molecule is O=C(O)C1CC2CCC1N2Cc1ccc(O)c(F)c1. The molecule has 0 aliphatic carbocycles. The van der Waals surface area contributed by atoms with Crippen molar-refractivity contribution in [2.24, 2.45) is 5.92 Å². The Bertz CT molecular complexity index is 519. The number of phenolic OH excluding ortho intramolecular Hbond substituents is 1. The molecule has 2 fully saturated rings. The zero-order valence-electron chi connectivity index (χ0n) is 10.4. The fourth-order valence-corrected chi connectivity index (χ4v) is 3.47. The number of nitrogens with zero attached hydrogens (tertiary/aromatic N) is 1. The minimum absolute atomic E-state index is 0.0689. The van der Waals surface area contributed by atoms with E-state index in [1.54, 1.807) is 6.07 Å². The van der Waals surface area contributed by atoms with Crippen LogP contribution >= 0.6 is 0 Å². The highest BCUT2D eigenvalue weighted by Crippen LogP contribution is 2.42. The van der Waals surface area contributed by atoms with E-state index in [4.69, 9.17) is 5.11 Å². The van der Waals surface area contributed by atoms with Gasteiger partial charge in [-0.15, -0.1) is 0 Å². The minimum Gasteiger partial charge on any atom is -0.505 e. The van der Waals surface area contributed by atoms with Gasteiger partial charge in [-0.05, 0) is 37.0 Å². The highest BCUT2D eigenvalue weighted by molar-refractivity contribution is 5.71. The van der Waals surface area contributed by atoms with Gasteiger partial charge in [-0.2, -0.15) is 0 Å². The average molecular weight is 265 g/mol. The molecule has 2 aliphatic heterocycles. The second kappa shape index (κ2) is 4.49. The zero-order valence-corrected chi connectivity index (χ0v) is 10.4. The number of aromatic hydroxyl groups is 1. The van der Waals surface area contributed by atoms with Crippen LogP contribution in [0.5, 0.6) is 5.75 Å². The summed E-state index contributed by atoms with van der Waals surface area (Å²) in [5.74, 6) is -2.00. The number of rotatable bonds is 3. The summed E-state index contributed by atoms with van der Waals surface area (Å²) in [5.41, 5.74) is 0.776. The lowest BCUT2D eigenvalue weighted by molar-refractivity contribution is -0.142.